The summed E-state index contributed by atoms with van der Waals surface area (Å²) in [5.74, 6) is 0.750. The Morgan fingerprint density at radius 2 is 1.57 bits per heavy atom. The van der Waals surface area contributed by atoms with Gasteiger partial charge in [0, 0.05) is 30.1 Å². The highest BCUT2D eigenvalue weighted by atomic mass is 32.1. The predicted molar refractivity (Wildman–Crippen MR) is 139 cm³/mol. The zero-order chi connectivity index (χ0) is 24.9. The van der Waals surface area contributed by atoms with Crippen molar-refractivity contribution in [2.75, 3.05) is 25.5 Å². The molecule has 0 aliphatic carbocycles. The molecule has 1 saturated heterocycles. The second-order valence-electron chi connectivity index (χ2n) is 9.05. The van der Waals surface area contributed by atoms with E-state index < -0.39 is 0 Å². The number of nitrogens with zero attached hydrogens (tertiary/aromatic N) is 1. The quantitative estimate of drug-likeness (QED) is 0.421. The van der Waals surface area contributed by atoms with Crippen molar-refractivity contribution in [3.63, 3.8) is 0 Å². The number of rotatable bonds is 7. The number of ketones is 1. The Bertz CT molecular complexity index is 1190. The molecule has 3 aromatic rings. The molecule has 1 aliphatic heterocycles. The summed E-state index contributed by atoms with van der Waals surface area (Å²) in [4.78, 5) is 40.6. The van der Waals surface area contributed by atoms with Crippen LogP contribution in [-0.4, -0.2) is 42.7 Å². The molecule has 2 amide bonds. The molecule has 7 heteroatoms. The van der Waals surface area contributed by atoms with Gasteiger partial charge in [-0.1, -0.05) is 26.0 Å². The Morgan fingerprint density at radius 3 is 2.17 bits per heavy atom. The van der Waals surface area contributed by atoms with E-state index in [1.165, 1.54) is 16.9 Å². The Hall–Kier alpha value is -3.45. The van der Waals surface area contributed by atoms with Gasteiger partial charge in [0.25, 0.3) is 11.8 Å². The molecule has 182 valence electrons. The van der Waals surface area contributed by atoms with Gasteiger partial charge in [0.1, 0.15) is 10.8 Å². The summed E-state index contributed by atoms with van der Waals surface area (Å²) in [6.07, 6.45) is 1.23. The lowest BCUT2D eigenvalue weighted by molar-refractivity contribution is 0.0651. The van der Waals surface area contributed by atoms with Crippen LogP contribution in [0, 0.1) is 5.92 Å². The van der Waals surface area contributed by atoms with Crippen molar-refractivity contribution in [1.29, 1.82) is 0 Å². The molecule has 2 aromatic carbocycles. The second kappa shape index (κ2) is 10.9. The molecular weight excluding hydrogens is 460 g/mol. The SMILES string of the molecule is COc1ccc(C(=O)C2CCN(C(=O)c3ccsc3NC(=O)c3ccc(C(C)C)cc3)CC2)cc1. The van der Waals surface area contributed by atoms with Gasteiger partial charge >= 0.3 is 0 Å². The summed E-state index contributed by atoms with van der Waals surface area (Å²) in [6, 6.07) is 16.4. The van der Waals surface area contributed by atoms with Crippen LogP contribution in [0.4, 0.5) is 5.00 Å². The van der Waals surface area contributed by atoms with Gasteiger partial charge in [-0.15, -0.1) is 11.3 Å². The minimum absolute atomic E-state index is 0.103. The molecule has 0 spiro atoms. The molecule has 1 aromatic heterocycles. The number of methoxy groups -OCH3 is 1. The normalized spacial score (nSPS) is 14.1. The number of carbonyl (C=O) groups is 3. The van der Waals surface area contributed by atoms with Gasteiger partial charge in [0.05, 0.1) is 12.7 Å². The molecule has 0 bridgehead atoms. The Morgan fingerprint density at radius 1 is 0.943 bits per heavy atom. The lowest BCUT2D eigenvalue weighted by atomic mass is 9.88. The molecule has 35 heavy (non-hydrogen) atoms. The van der Waals surface area contributed by atoms with Gasteiger partial charge in [0.15, 0.2) is 5.78 Å². The molecule has 6 nitrogen and oxygen atoms in total. The van der Waals surface area contributed by atoms with E-state index in [4.69, 9.17) is 4.74 Å². The van der Waals surface area contributed by atoms with Crippen LogP contribution in [0.15, 0.2) is 60.0 Å². The average molecular weight is 491 g/mol. The third-order valence-electron chi connectivity index (χ3n) is 6.49. The number of carbonyl (C=O) groups excluding carboxylic acids is 3. The smallest absolute Gasteiger partial charge is 0.256 e. The van der Waals surface area contributed by atoms with E-state index in [2.05, 4.69) is 19.2 Å². The fourth-order valence-electron chi connectivity index (χ4n) is 4.28. The number of piperidine rings is 1. The molecule has 0 unspecified atom stereocenters. The van der Waals surface area contributed by atoms with Crippen molar-refractivity contribution in [2.24, 2.45) is 5.92 Å². The zero-order valence-electron chi connectivity index (χ0n) is 20.2. The zero-order valence-corrected chi connectivity index (χ0v) is 21.1. The lowest BCUT2D eigenvalue weighted by Gasteiger charge is -2.31. The Kier molecular flexibility index (Phi) is 7.66. The first-order valence-electron chi connectivity index (χ1n) is 11.8. The summed E-state index contributed by atoms with van der Waals surface area (Å²) >= 11 is 1.33. The summed E-state index contributed by atoms with van der Waals surface area (Å²) in [5.41, 5.74) is 2.88. The number of anilines is 1. The molecule has 1 N–H and O–H groups in total. The van der Waals surface area contributed by atoms with Crippen molar-refractivity contribution in [2.45, 2.75) is 32.6 Å². The molecule has 0 atom stereocenters. The highest BCUT2D eigenvalue weighted by molar-refractivity contribution is 7.14. The van der Waals surface area contributed by atoms with Gasteiger partial charge < -0.3 is 15.0 Å². The van der Waals surface area contributed by atoms with Gasteiger partial charge in [-0.25, -0.2) is 0 Å². The van der Waals surface area contributed by atoms with Crippen LogP contribution in [0.25, 0.3) is 0 Å². The van der Waals surface area contributed by atoms with Gasteiger partial charge in [0.2, 0.25) is 0 Å². The first-order valence-corrected chi connectivity index (χ1v) is 12.7. The minimum Gasteiger partial charge on any atom is -0.497 e. The molecule has 1 aliphatic rings. The highest BCUT2D eigenvalue weighted by Crippen LogP contribution is 2.29. The van der Waals surface area contributed by atoms with Crippen molar-refractivity contribution in [1.82, 2.24) is 4.90 Å². The minimum atomic E-state index is -0.236. The highest BCUT2D eigenvalue weighted by Gasteiger charge is 2.30. The number of amides is 2. The third kappa shape index (κ3) is 5.62. The van der Waals surface area contributed by atoms with Crippen molar-refractivity contribution < 1.29 is 19.1 Å². The third-order valence-corrected chi connectivity index (χ3v) is 7.32. The van der Waals surface area contributed by atoms with Gasteiger partial charge in [-0.05, 0) is 72.2 Å². The fraction of sp³-hybridized carbons (Fsp3) is 0.321. The van der Waals surface area contributed by atoms with E-state index in [1.807, 2.05) is 29.6 Å². The Labute approximate surface area is 209 Å². The van der Waals surface area contributed by atoms with Crippen molar-refractivity contribution in [3.05, 3.63) is 82.2 Å². The van der Waals surface area contributed by atoms with E-state index >= 15 is 0 Å². The largest absolute Gasteiger partial charge is 0.497 e. The first-order chi connectivity index (χ1) is 16.9. The standard InChI is InChI=1S/C28H30N2O4S/c1-18(2)19-4-6-22(7-5-19)26(32)29-27-24(14-17-35-27)28(33)30-15-12-21(13-16-30)25(31)20-8-10-23(34-3)11-9-20/h4-11,14,17-18,21H,12-13,15-16H2,1-3H3,(H,29,32). The first kappa shape index (κ1) is 24.7. The average Bonchev–Trinajstić information content (AvgIpc) is 3.36. The topological polar surface area (TPSA) is 75.7 Å². The molecule has 4 rings (SSSR count). The number of nitrogens with one attached hydrogen (secondary N) is 1. The van der Waals surface area contributed by atoms with Gasteiger partial charge in [-0.3, -0.25) is 14.4 Å². The molecule has 0 saturated carbocycles. The monoisotopic (exact) mass is 490 g/mol. The number of Topliss-reactive ketones (excluding diaryl/α,β-unsaturated/α-hetero) is 1. The summed E-state index contributed by atoms with van der Waals surface area (Å²) in [5, 5.41) is 5.26. The van der Waals surface area contributed by atoms with Crippen LogP contribution in [0.5, 0.6) is 5.75 Å². The van der Waals surface area contributed by atoms with Crippen LogP contribution >= 0.6 is 11.3 Å². The van der Waals surface area contributed by atoms with E-state index in [9.17, 15) is 14.4 Å². The van der Waals surface area contributed by atoms with E-state index in [1.54, 1.807) is 42.3 Å². The second-order valence-corrected chi connectivity index (χ2v) is 9.97. The van der Waals surface area contributed by atoms with E-state index in [0.717, 1.165) is 0 Å². The molecule has 0 radical (unpaired) electrons. The van der Waals surface area contributed by atoms with Crippen LogP contribution in [-0.2, 0) is 0 Å². The maximum Gasteiger partial charge on any atom is 0.256 e. The summed E-state index contributed by atoms with van der Waals surface area (Å²) in [6.45, 7) is 5.23. The lowest BCUT2D eigenvalue weighted by Crippen LogP contribution is -2.40. The predicted octanol–water partition coefficient (Wildman–Crippen LogP) is 5.87. The fourth-order valence-corrected chi connectivity index (χ4v) is 5.05. The van der Waals surface area contributed by atoms with E-state index in [0.29, 0.717) is 59.3 Å². The molecule has 2 heterocycles. The number of likely N-dealkylation sites (tertiary alicyclic amines) is 1. The summed E-state index contributed by atoms with van der Waals surface area (Å²) < 4.78 is 5.16. The van der Waals surface area contributed by atoms with Crippen LogP contribution in [0.2, 0.25) is 0 Å². The number of hydrogen-bond donors (Lipinski definition) is 1. The van der Waals surface area contributed by atoms with Crippen molar-refractivity contribution in [3.8, 4) is 5.75 Å². The number of hydrogen-bond acceptors (Lipinski definition) is 5. The van der Waals surface area contributed by atoms with Gasteiger partial charge in [-0.2, -0.15) is 0 Å². The number of thiophene rings is 1. The van der Waals surface area contributed by atoms with Crippen molar-refractivity contribution >= 4 is 33.9 Å². The van der Waals surface area contributed by atoms with E-state index in [-0.39, 0.29) is 23.5 Å². The summed E-state index contributed by atoms with van der Waals surface area (Å²) in [7, 11) is 1.60. The van der Waals surface area contributed by atoms with Crippen LogP contribution in [0.1, 0.15) is 69.2 Å². The molecular formula is C28H30N2O4S. The number of ether oxygens (including phenoxy) is 1. The number of benzene rings is 2. The van der Waals surface area contributed by atoms with Crippen LogP contribution in [0.3, 0.4) is 0 Å². The maximum atomic E-state index is 13.2. The Balaban J connectivity index is 1.36. The van der Waals surface area contributed by atoms with Crippen LogP contribution < -0.4 is 10.1 Å². The molecule has 1 fully saturated rings. The maximum absolute atomic E-state index is 13.2.